The topological polar surface area (TPSA) is 12.4 Å². The van der Waals surface area contributed by atoms with Crippen LogP contribution in [0.1, 0.15) is 13.3 Å². The average molecular weight is 223 g/mol. The molecule has 1 nitrogen and oxygen atoms in total. The minimum atomic E-state index is 0.286. The number of aliphatic imine (C=N–C) groups is 1. The first-order valence-electron chi connectivity index (χ1n) is 5.93. The van der Waals surface area contributed by atoms with Gasteiger partial charge in [-0.1, -0.05) is 55.2 Å². The maximum Gasteiger partial charge on any atom is 0.0790 e. The van der Waals surface area contributed by atoms with Crippen molar-refractivity contribution in [3.05, 3.63) is 72.4 Å². The number of rotatable bonds is 3. The molecule has 0 N–H and O–H groups in total. The highest BCUT2D eigenvalue weighted by molar-refractivity contribution is 6.11. The lowest BCUT2D eigenvalue weighted by Gasteiger charge is -2.20. The molecule has 17 heavy (non-hydrogen) atoms. The second-order valence-corrected chi connectivity index (χ2v) is 4.05. The summed E-state index contributed by atoms with van der Waals surface area (Å²) < 4.78 is 0. The summed E-state index contributed by atoms with van der Waals surface area (Å²) in [6.07, 6.45) is 19.5. The maximum absolute atomic E-state index is 4.76. The van der Waals surface area contributed by atoms with E-state index in [-0.39, 0.29) is 6.04 Å². The Bertz CT molecular complexity index is 482. The lowest BCUT2D eigenvalue weighted by Crippen LogP contribution is -2.16. The number of fused-ring (bicyclic) bond motifs is 1. The van der Waals surface area contributed by atoms with Gasteiger partial charge in [-0.25, -0.2) is 0 Å². The number of hydrogen-bond donors (Lipinski definition) is 0. The van der Waals surface area contributed by atoms with Crippen molar-refractivity contribution in [2.45, 2.75) is 19.4 Å². The number of hydrogen-bond acceptors (Lipinski definition) is 1. The van der Waals surface area contributed by atoms with Gasteiger partial charge in [0, 0.05) is 0 Å². The molecule has 2 aliphatic rings. The first-order valence-corrected chi connectivity index (χ1v) is 5.93. The molecule has 0 bridgehead atoms. The zero-order valence-corrected chi connectivity index (χ0v) is 10.1. The van der Waals surface area contributed by atoms with Gasteiger partial charge in [0.25, 0.3) is 0 Å². The maximum atomic E-state index is 4.76. The Kier molecular flexibility index (Phi) is 3.71. The van der Waals surface area contributed by atoms with Crippen molar-refractivity contribution in [3.8, 4) is 0 Å². The predicted octanol–water partition coefficient (Wildman–Crippen LogP) is 3.94. The van der Waals surface area contributed by atoms with Crippen molar-refractivity contribution in [1.29, 1.82) is 0 Å². The summed E-state index contributed by atoms with van der Waals surface area (Å²) in [6.45, 7) is 5.85. The van der Waals surface area contributed by atoms with Gasteiger partial charge in [-0.2, -0.15) is 0 Å². The highest BCUT2D eigenvalue weighted by atomic mass is 14.8. The van der Waals surface area contributed by atoms with Crippen LogP contribution in [0.4, 0.5) is 0 Å². The van der Waals surface area contributed by atoms with Crippen molar-refractivity contribution in [2.75, 3.05) is 0 Å². The lowest BCUT2D eigenvalue weighted by atomic mass is 9.94. The molecular weight excluding hydrogens is 206 g/mol. The van der Waals surface area contributed by atoms with Gasteiger partial charge in [0.2, 0.25) is 0 Å². The van der Waals surface area contributed by atoms with E-state index in [4.69, 9.17) is 4.99 Å². The van der Waals surface area contributed by atoms with Crippen molar-refractivity contribution in [1.82, 2.24) is 0 Å². The van der Waals surface area contributed by atoms with E-state index in [2.05, 4.69) is 37.0 Å². The van der Waals surface area contributed by atoms with Crippen LogP contribution in [0.2, 0.25) is 0 Å². The minimum absolute atomic E-state index is 0.286. The fourth-order valence-electron chi connectivity index (χ4n) is 1.94. The van der Waals surface area contributed by atoms with E-state index in [1.54, 1.807) is 0 Å². The van der Waals surface area contributed by atoms with Gasteiger partial charge >= 0.3 is 0 Å². The zero-order chi connectivity index (χ0) is 12.1. The molecule has 0 saturated carbocycles. The third-order valence-electron chi connectivity index (χ3n) is 2.88. The molecule has 0 spiro atoms. The van der Waals surface area contributed by atoms with Gasteiger partial charge in [-0.15, -0.1) is 0 Å². The molecule has 0 aromatic heterocycles. The van der Waals surface area contributed by atoms with E-state index in [0.717, 1.165) is 17.7 Å². The third kappa shape index (κ3) is 2.62. The van der Waals surface area contributed by atoms with Crippen LogP contribution in [0, 0.1) is 0 Å². The molecule has 0 amide bonds. The first-order chi connectivity index (χ1) is 8.35. The summed E-state index contributed by atoms with van der Waals surface area (Å²) in [4.78, 5) is 4.76. The molecule has 0 radical (unpaired) electrons. The largest absolute Gasteiger partial charge is 0.276 e. The average Bonchev–Trinajstić information content (AvgIpc) is 2.39. The minimum Gasteiger partial charge on any atom is -0.276 e. The molecule has 2 rings (SSSR count). The standard InChI is InChI=1S/C16H17N/c1-3-5-8-13(4-2)16-12-11-14-9-6-7-10-15(14)17-16/h3-9,11-12,15H,2,10H2,1H3/b5-3-,13-8+. The quantitative estimate of drug-likeness (QED) is 0.643. The van der Waals surface area contributed by atoms with Crippen LogP contribution in [0.15, 0.2) is 77.4 Å². The molecule has 1 aliphatic carbocycles. The number of dihydropyridines is 1. The fourth-order valence-corrected chi connectivity index (χ4v) is 1.94. The monoisotopic (exact) mass is 223 g/mol. The van der Waals surface area contributed by atoms with Gasteiger partial charge in [0.15, 0.2) is 0 Å². The Hall–Kier alpha value is -1.89. The fraction of sp³-hybridized carbons (Fsp3) is 0.188. The molecule has 1 heterocycles. The van der Waals surface area contributed by atoms with Crippen molar-refractivity contribution < 1.29 is 0 Å². The van der Waals surface area contributed by atoms with Gasteiger partial charge in [-0.05, 0) is 30.6 Å². The summed E-state index contributed by atoms with van der Waals surface area (Å²) >= 11 is 0. The number of allylic oxidation sites excluding steroid dienone is 8. The summed E-state index contributed by atoms with van der Waals surface area (Å²) in [7, 11) is 0. The second kappa shape index (κ2) is 5.44. The lowest BCUT2D eigenvalue weighted by molar-refractivity contribution is 0.790. The third-order valence-corrected chi connectivity index (χ3v) is 2.88. The molecular formula is C16H17N. The summed E-state index contributed by atoms with van der Waals surface area (Å²) in [5.74, 6) is 0. The second-order valence-electron chi connectivity index (χ2n) is 4.05. The van der Waals surface area contributed by atoms with E-state index in [1.165, 1.54) is 5.57 Å². The Balaban J connectivity index is 2.27. The van der Waals surface area contributed by atoms with E-state index in [0.29, 0.717) is 0 Å². The Morgan fingerprint density at radius 2 is 2.35 bits per heavy atom. The van der Waals surface area contributed by atoms with Gasteiger partial charge < -0.3 is 0 Å². The summed E-state index contributed by atoms with van der Waals surface area (Å²) in [5, 5.41) is 0. The van der Waals surface area contributed by atoms with E-state index < -0.39 is 0 Å². The summed E-state index contributed by atoms with van der Waals surface area (Å²) in [6, 6.07) is 0.286. The predicted molar refractivity (Wildman–Crippen MR) is 75.3 cm³/mol. The van der Waals surface area contributed by atoms with Gasteiger partial charge in [0.05, 0.1) is 11.8 Å². The van der Waals surface area contributed by atoms with E-state index in [9.17, 15) is 0 Å². The Labute approximate surface area is 103 Å². The molecule has 1 unspecified atom stereocenters. The molecule has 0 aromatic rings. The molecule has 1 aliphatic heterocycles. The van der Waals surface area contributed by atoms with Crippen LogP contribution in [0.5, 0.6) is 0 Å². The van der Waals surface area contributed by atoms with Crippen molar-refractivity contribution in [3.63, 3.8) is 0 Å². The molecule has 1 heteroatoms. The molecule has 0 fully saturated rings. The van der Waals surface area contributed by atoms with Crippen LogP contribution < -0.4 is 0 Å². The zero-order valence-electron chi connectivity index (χ0n) is 10.1. The van der Waals surface area contributed by atoms with Crippen LogP contribution in [-0.4, -0.2) is 11.8 Å². The normalized spacial score (nSPS) is 23.4. The van der Waals surface area contributed by atoms with Gasteiger partial charge in [-0.3, -0.25) is 4.99 Å². The molecule has 86 valence electrons. The number of nitrogens with zero attached hydrogens (tertiary/aromatic N) is 1. The Morgan fingerprint density at radius 3 is 3.12 bits per heavy atom. The molecule has 0 saturated heterocycles. The first kappa shape index (κ1) is 11.6. The van der Waals surface area contributed by atoms with Gasteiger partial charge in [0.1, 0.15) is 0 Å². The highest BCUT2D eigenvalue weighted by Gasteiger charge is 2.16. The van der Waals surface area contributed by atoms with Crippen LogP contribution >= 0.6 is 0 Å². The van der Waals surface area contributed by atoms with Crippen LogP contribution in [-0.2, 0) is 0 Å². The van der Waals surface area contributed by atoms with E-state index in [1.807, 2.05) is 31.2 Å². The Morgan fingerprint density at radius 1 is 1.47 bits per heavy atom. The smallest absolute Gasteiger partial charge is 0.0790 e. The molecule has 0 aromatic carbocycles. The van der Waals surface area contributed by atoms with Crippen LogP contribution in [0.25, 0.3) is 0 Å². The van der Waals surface area contributed by atoms with Crippen molar-refractivity contribution >= 4 is 5.71 Å². The van der Waals surface area contributed by atoms with Crippen LogP contribution in [0.3, 0.4) is 0 Å². The SMILES string of the molecule is C=C/C(=C\C=C/C)C1=NC2CC=CC=C2C=C1. The van der Waals surface area contributed by atoms with E-state index >= 15 is 0 Å². The summed E-state index contributed by atoms with van der Waals surface area (Å²) in [5.41, 5.74) is 3.40. The highest BCUT2D eigenvalue weighted by Crippen LogP contribution is 2.23. The molecule has 1 atom stereocenters. The van der Waals surface area contributed by atoms with Crippen molar-refractivity contribution in [2.24, 2.45) is 4.99 Å².